The highest BCUT2D eigenvalue weighted by molar-refractivity contribution is 7.89. The number of fused-ring (bicyclic) bond motifs is 1. The van der Waals surface area contributed by atoms with Gasteiger partial charge in [0.15, 0.2) is 0 Å². The van der Waals surface area contributed by atoms with E-state index in [1.807, 2.05) is 52.7 Å². The summed E-state index contributed by atoms with van der Waals surface area (Å²) in [5, 5.41) is 9.17. The van der Waals surface area contributed by atoms with Crippen LogP contribution in [0.4, 0.5) is 0 Å². The molecule has 9 heteroatoms. The highest BCUT2D eigenvalue weighted by Gasteiger charge is 2.29. The van der Waals surface area contributed by atoms with Crippen molar-refractivity contribution in [3.8, 4) is 0 Å². The van der Waals surface area contributed by atoms with Gasteiger partial charge in [-0.15, -0.1) is 11.3 Å². The van der Waals surface area contributed by atoms with Gasteiger partial charge in [-0.25, -0.2) is 8.42 Å². The van der Waals surface area contributed by atoms with Crippen molar-refractivity contribution in [1.82, 2.24) is 19.4 Å². The largest absolute Gasteiger partial charge is 0.348 e. The summed E-state index contributed by atoms with van der Waals surface area (Å²) in [5.41, 5.74) is 3.41. The van der Waals surface area contributed by atoms with Gasteiger partial charge in [-0.05, 0) is 58.8 Å². The first kappa shape index (κ1) is 22.5. The summed E-state index contributed by atoms with van der Waals surface area (Å²) < 4.78 is 29.8. The summed E-state index contributed by atoms with van der Waals surface area (Å²) >= 11 is 1.67. The third-order valence-electron chi connectivity index (χ3n) is 5.96. The van der Waals surface area contributed by atoms with Crippen molar-refractivity contribution in [3.05, 3.63) is 106 Å². The Labute approximate surface area is 202 Å². The molecule has 1 aliphatic heterocycles. The van der Waals surface area contributed by atoms with Crippen molar-refractivity contribution in [1.29, 1.82) is 0 Å². The molecule has 0 spiro atoms. The van der Waals surface area contributed by atoms with Crippen LogP contribution in [-0.2, 0) is 36.1 Å². The molecule has 3 heterocycles. The molecular formula is C25H24N4O3S2. The highest BCUT2D eigenvalue weighted by atomic mass is 32.2. The van der Waals surface area contributed by atoms with Gasteiger partial charge < -0.3 is 5.32 Å². The number of hydrogen-bond acceptors (Lipinski definition) is 5. The maximum Gasteiger partial charge on any atom is 0.251 e. The lowest BCUT2D eigenvalue weighted by molar-refractivity contribution is 0.0950. The highest BCUT2D eigenvalue weighted by Crippen LogP contribution is 2.28. The van der Waals surface area contributed by atoms with Crippen molar-refractivity contribution in [2.45, 2.75) is 31.0 Å². The van der Waals surface area contributed by atoms with Gasteiger partial charge in [-0.2, -0.15) is 9.40 Å². The molecule has 5 rings (SSSR count). The first-order chi connectivity index (χ1) is 16.5. The van der Waals surface area contributed by atoms with Crippen LogP contribution in [0.25, 0.3) is 0 Å². The monoisotopic (exact) mass is 492 g/mol. The van der Waals surface area contributed by atoms with Gasteiger partial charge in [-0.3, -0.25) is 9.48 Å². The van der Waals surface area contributed by atoms with Crippen LogP contribution in [0.5, 0.6) is 0 Å². The summed E-state index contributed by atoms with van der Waals surface area (Å²) in [5.74, 6) is -0.315. The standard InChI is InChI=1S/C25H24N4O3S2/c30-25(26-16-20-5-1-2-6-21(20)17-28-12-4-11-27-28)19-7-3-8-23(15-19)34(31,32)29-13-9-24-22(18-29)10-14-33-24/h1-8,10-12,14-15H,9,13,16-18H2,(H,26,30). The van der Waals surface area contributed by atoms with Crippen LogP contribution in [0.1, 0.15) is 31.9 Å². The molecule has 1 amide bonds. The molecule has 0 atom stereocenters. The molecule has 0 saturated carbocycles. The molecule has 174 valence electrons. The van der Waals surface area contributed by atoms with E-state index in [9.17, 15) is 13.2 Å². The van der Waals surface area contributed by atoms with Crippen molar-refractivity contribution in [2.24, 2.45) is 0 Å². The molecule has 7 nitrogen and oxygen atoms in total. The van der Waals surface area contributed by atoms with Crippen LogP contribution in [0, 0.1) is 0 Å². The topological polar surface area (TPSA) is 84.3 Å². The summed E-state index contributed by atoms with van der Waals surface area (Å²) in [7, 11) is -3.69. The second-order valence-electron chi connectivity index (χ2n) is 8.14. The molecule has 34 heavy (non-hydrogen) atoms. The number of nitrogens with one attached hydrogen (secondary N) is 1. The number of hydrogen-bond donors (Lipinski definition) is 1. The van der Waals surface area contributed by atoms with E-state index in [1.165, 1.54) is 15.2 Å². The van der Waals surface area contributed by atoms with Gasteiger partial charge in [0, 0.05) is 42.5 Å². The van der Waals surface area contributed by atoms with Gasteiger partial charge >= 0.3 is 0 Å². The van der Waals surface area contributed by atoms with E-state index in [0.717, 1.165) is 16.7 Å². The number of nitrogens with zero attached hydrogens (tertiary/aromatic N) is 3. The molecular weight excluding hydrogens is 468 g/mol. The van der Waals surface area contributed by atoms with E-state index >= 15 is 0 Å². The molecule has 0 bridgehead atoms. The Balaban J connectivity index is 1.29. The molecule has 0 fully saturated rings. The molecule has 2 aromatic heterocycles. The lowest BCUT2D eigenvalue weighted by Crippen LogP contribution is -2.35. The fourth-order valence-electron chi connectivity index (χ4n) is 4.10. The van der Waals surface area contributed by atoms with Gasteiger partial charge in [-0.1, -0.05) is 30.3 Å². The molecule has 1 aliphatic rings. The zero-order valence-corrected chi connectivity index (χ0v) is 20.1. The maximum absolute atomic E-state index is 13.3. The zero-order valence-electron chi connectivity index (χ0n) is 18.4. The van der Waals surface area contributed by atoms with Crippen LogP contribution in [0.2, 0.25) is 0 Å². The van der Waals surface area contributed by atoms with E-state index in [-0.39, 0.29) is 10.8 Å². The van der Waals surface area contributed by atoms with Gasteiger partial charge in [0.1, 0.15) is 0 Å². The summed E-state index contributed by atoms with van der Waals surface area (Å²) in [6, 6.07) is 18.0. The van der Waals surface area contributed by atoms with Crippen molar-refractivity contribution in [3.63, 3.8) is 0 Å². The van der Waals surface area contributed by atoms with Crippen LogP contribution in [0.3, 0.4) is 0 Å². The quantitative estimate of drug-likeness (QED) is 0.427. The molecule has 4 aromatic rings. The molecule has 0 aliphatic carbocycles. The Morgan fingerprint density at radius 3 is 2.74 bits per heavy atom. The summed E-state index contributed by atoms with van der Waals surface area (Å²) in [6.07, 6.45) is 4.34. The van der Waals surface area contributed by atoms with E-state index in [2.05, 4.69) is 10.4 Å². The normalized spacial score (nSPS) is 14.0. The average Bonchev–Trinajstić information content (AvgIpc) is 3.55. The van der Waals surface area contributed by atoms with Gasteiger partial charge in [0.2, 0.25) is 10.0 Å². The fraction of sp³-hybridized carbons (Fsp3) is 0.200. The number of carbonyl (C=O) groups excluding carboxylic acids is 1. The number of amides is 1. The predicted octanol–water partition coefficient (Wildman–Crippen LogP) is 3.67. The third-order valence-corrected chi connectivity index (χ3v) is 8.82. The zero-order chi connectivity index (χ0) is 23.5. The van der Waals surface area contributed by atoms with Crippen molar-refractivity contribution < 1.29 is 13.2 Å². The summed E-state index contributed by atoms with van der Waals surface area (Å²) in [6.45, 7) is 1.75. The molecule has 0 saturated heterocycles. The molecule has 1 N–H and O–H groups in total. The van der Waals surface area contributed by atoms with Crippen LogP contribution in [0.15, 0.2) is 83.3 Å². The number of sulfonamides is 1. The molecule has 0 unspecified atom stereocenters. The van der Waals surface area contributed by atoms with Gasteiger partial charge in [0.25, 0.3) is 5.91 Å². The van der Waals surface area contributed by atoms with Crippen molar-refractivity contribution >= 4 is 27.3 Å². The molecule has 2 aromatic carbocycles. The Kier molecular flexibility index (Phi) is 6.32. The average molecular weight is 493 g/mol. The Morgan fingerprint density at radius 2 is 1.91 bits per heavy atom. The van der Waals surface area contributed by atoms with E-state index in [1.54, 1.807) is 35.7 Å². The predicted molar refractivity (Wildman–Crippen MR) is 131 cm³/mol. The Bertz CT molecular complexity index is 1410. The van der Waals surface area contributed by atoms with Gasteiger partial charge in [0.05, 0.1) is 11.4 Å². The number of benzene rings is 2. The van der Waals surface area contributed by atoms with Crippen LogP contribution < -0.4 is 5.32 Å². The smallest absolute Gasteiger partial charge is 0.251 e. The second kappa shape index (κ2) is 9.54. The lowest BCUT2D eigenvalue weighted by atomic mass is 10.1. The van der Waals surface area contributed by atoms with Crippen LogP contribution in [-0.4, -0.2) is 35.0 Å². The lowest BCUT2D eigenvalue weighted by Gasteiger charge is -2.26. The Hall–Kier alpha value is -3.27. The van der Waals surface area contributed by atoms with E-state index < -0.39 is 10.0 Å². The first-order valence-corrected chi connectivity index (χ1v) is 13.3. The first-order valence-electron chi connectivity index (χ1n) is 11.0. The van der Waals surface area contributed by atoms with Crippen molar-refractivity contribution in [2.75, 3.05) is 6.54 Å². The van der Waals surface area contributed by atoms with E-state index in [0.29, 0.717) is 38.2 Å². The SMILES string of the molecule is O=C(NCc1ccccc1Cn1cccn1)c1cccc(S(=O)(=O)N2CCc3sccc3C2)c1. The minimum atomic E-state index is -3.69. The number of thiophene rings is 1. The van der Waals surface area contributed by atoms with Crippen LogP contribution >= 0.6 is 11.3 Å². The number of aromatic nitrogens is 2. The minimum Gasteiger partial charge on any atom is -0.348 e. The second-order valence-corrected chi connectivity index (χ2v) is 11.1. The Morgan fingerprint density at radius 1 is 1.06 bits per heavy atom. The maximum atomic E-state index is 13.3. The minimum absolute atomic E-state index is 0.137. The number of carbonyl (C=O) groups is 1. The summed E-state index contributed by atoms with van der Waals surface area (Å²) in [4.78, 5) is 14.3. The van der Waals surface area contributed by atoms with E-state index in [4.69, 9.17) is 0 Å². The number of rotatable bonds is 7. The third kappa shape index (κ3) is 4.68. The molecule has 0 radical (unpaired) electrons. The fourth-order valence-corrected chi connectivity index (χ4v) is 6.46.